The number of aryl methyl sites for hydroxylation is 1. The minimum Gasteiger partial charge on any atom is -0.399 e. The highest BCUT2D eigenvalue weighted by Crippen LogP contribution is 2.19. The zero-order chi connectivity index (χ0) is 13.1. The van der Waals surface area contributed by atoms with E-state index in [1.165, 1.54) is 0 Å². The highest BCUT2D eigenvalue weighted by atomic mass is 16.1. The van der Waals surface area contributed by atoms with Crippen molar-refractivity contribution in [2.45, 2.75) is 6.54 Å². The maximum atomic E-state index is 11.3. The molecule has 0 aliphatic carbocycles. The summed E-state index contributed by atoms with van der Waals surface area (Å²) in [5, 5.41) is 7.21. The molecule has 2 rings (SSSR count). The zero-order valence-electron chi connectivity index (χ0n) is 10.1. The van der Waals surface area contributed by atoms with E-state index in [-0.39, 0.29) is 0 Å². The number of nitrogens with zero attached hydrogens (tertiary/aromatic N) is 2. The molecule has 1 heterocycles. The van der Waals surface area contributed by atoms with Gasteiger partial charge in [0, 0.05) is 24.6 Å². The number of benzene rings is 1. The van der Waals surface area contributed by atoms with Crippen molar-refractivity contribution < 1.29 is 4.79 Å². The van der Waals surface area contributed by atoms with Crippen molar-refractivity contribution in [3.63, 3.8) is 0 Å². The van der Waals surface area contributed by atoms with Gasteiger partial charge in [-0.1, -0.05) is 0 Å². The predicted octanol–water partition coefficient (Wildman–Crippen LogP) is 0.713. The fraction of sp³-hybridized carbons (Fsp3) is 0.167. The maximum Gasteiger partial charge on any atom is 0.250 e. The molecule has 6 heteroatoms. The van der Waals surface area contributed by atoms with E-state index in [0.29, 0.717) is 23.5 Å². The first kappa shape index (κ1) is 12.0. The summed E-state index contributed by atoms with van der Waals surface area (Å²) in [5.41, 5.74) is 13.5. The van der Waals surface area contributed by atoms with Crippen LogP contribution in [-0.4, -0.2) is 15.7 Å². The molecule has 0 aliphatic rings. The summed E-state index contributed by atoms with van der Waals surface area (Å²) in [6, 6.07) is 6.92. The summed E-state index contributed by atoms with van der Waals surface area (Å²) in [6.45, 7) is 0.556. The van der Waals surface area contributed by atoms with E-state index in [4.69, 9.17) is 11.5 Å². The van der Waals surface area contributed by atoms with E-state index in [0.717, 1.165) is 5.69 Å². The van der Waals surface area contributed by atoms with Crippen LogP contribution in [0.25, 0.3) is 0 Å². The molecule has 1 amide bonds. The Balaban J connectivity index is 2.19. The number of nitrogens with two attached hydrogens (primary N) is 2. The van der Waals surface area contributed by atoms with Crippen LogP contribution < -0.4 is 16.8 Å². The fourth-order valence-electron chi connectivity index (χ4n) is 1.68. The minimum atomic E-state index is -0.505. The van der Waals surface area contributed by atoms with Crippen LogP contribution in [0.15, 0.2) is 30.5 Å². The summed E-state index contributed by atoms with van der Waals surface area (Å²) in [5.74, 6) is -0.505. The third-order valence-corrected chi connectivity index (χ3v) is 2.69. The summed E-state index contributed by atoms with van der Waals surface area (Å²) < 4.78 is 1.76. The van der Waals surface area contributed by atoms with E-state index < -0.39 is 5.91 Å². The smallest absolute Gasteiger partial charge is 0.250 e. The first-order valence-corrected chi connectivity index (χ1v) is 5.48. The third kappa shape index (κ3) is 2.42. The Hall–Kier alpha value is -2.50. The Bertz CT molecular complexity index is 576. The molecule has 6 nitrogen and oxygen atoms in total. The molecule has 0 radical (unpaired) electrons. The average Bonchev–Trinajstić information content (AvgIpc) is 2.73. The Labute approximate surface area is 105 Å². The summed E-state index contributed by atoms with van der Waals surface area (Å²) in [4.78, 5) is 11.3. The van der Waals surface area contributed by atoms with Gasteiger partial charge in [-0.05, 0) is 24.3 Å². The quantitative estimate of drug-likeness (QED) is 0.691. The van der Waals surface area contributed by atoms with Crippen LogP contribution in [0.2, 0.25) is 0 Å². The summed E-state index contributed by atoms with van der Waals surface area (Å²) >= 11 is 0. The summed E-state index contributed by atoms with van der Waals surface area (Å²) in [6.07, 6.45) is 1.72. The lowest BCUT2D eigenvalue weighted by molar-refractivity contribution is 0.100. The Morgan fingerprint density at radius 2 is 2.22 bits per heavy atom. The van der Waals surface area contributed by atoms with Gasteiger partial charge in [-0.15, -0.1) is 0 Å². The molecule has 18 heavy (non-hydrogen) atoms. The number of anilines is 2. The number of hydrogen-bond acceptors (Lipinski definition) is 4. The number of hydrogen-bond donors (Lipinski definition) is 3. The molecule has 0 spiro atoms. The molecule has 0 atom stereocenters. The Kier molecular flexibility index (Phi) is 3.18. The van der Waals surface area contributed by atoms with Crippen molar-refractivity contribution in [3.8, 4) is 0 Å². The topological polar surface area (TPSA) is 99.0 Å². The number of carbonyl (C=O) groups excluding carboxylic acids is 1. The standard InChI is InChI=1S/C12H15N5O/c1-17-9(4-5-16-17)7-15-11-3-2-8(13)6-10(11)12(14)18/h2-6,15H,7,13H2,1H3,(H2,14,18). The molecule has 2 aromatic rings. The molecule has 1 aromatic carbocycles. The third-order valence-electron chi connectivity index (χ3n) is 2.69. The molecule has 0 bridgehead atoms. The van der Waals surface area contributed by atoms with Gasteiger partial charge in [0.05, 0.1) is 17.8 Å². The van der Waals surface area contributed by atoms with E-state index in [9.17, 15) is 4.79 Å². The van der Waals surface area contributed by atoms with Crippen LogP contribution in [0.5, 0.6) is 0 Å². The zero-order valence-corrected chi connectivity index (χ0v) is 10.1. The predicted molar refractivity (Wildman–Crippen MR) is 69.9 cm³/mol. The first-order valence-electron chi connectivity index (χ1n) is 5.48. The number of nitrogens with one attached hydrogen (secondary N) is 1. The van der Waals surface area contributed by atoms with Crippen molar-refractivity contribution in [2.24, 2.45) is 12.8 Å². The number of amides is 1. The molecule has 0 fully saturated rings. The van der Waals surface area contributed by atoms with Crippen LogP contribution in [0, 0.1) is 0 Å². The van der Waals surface area contributed by atoms with Crippen molar-refractivity contribution in [1.82, 2.24) is 9.78 Å². The van der Waals surface area contributed by atoms with E-state index in [1.54, 1.807) is 29.1 Å². The van der Waals surface area contributed by atoms with Gasteiger partial charge in [0.15, 0.2) is 0 Å². The van der Waals surface area contributed by atoms with Crippen LogP contribution >= 0.6 is 0 Å². The van der Waals surface area contributed by atoms with E-state index >= 15 is 0 Å². The van der Waals surface area contributed by atoms with Gasteiger partial charge in [0.2, 0.25) is 0 Å². The van der Waals surface area contributed by atoms with E-state index in [2.05, 4.69) is 10.4 Å². The second-order valence-corrected chi connectivity index (χ2v) is 3.97. The van der Waals surface area contributed by atoms with Crippen LogP contribution in [-0.2, 0) is 13.6 Å². The minimum absolute atomic E-state index is 0.386. The SMILES string of the molecule is Cn1nccc1CNc1ccc(N)cc1C(N)=O. The van der Waals surface area contributed by atoms with Crippen molar-refractivity contribution in [1.29, 1.82) is 0 Å². The van der Waals surface area contributed by atoms with Crippen molar-refractivity contribution >= 4 is 17.3 Å². The van der Waals surface area contributed by atoms with Crippen LogP contribution in [0.1, 0.15) is 16.1 Å². The van der Waals surface area contributed by atoms with Crippen LogP contribution in [0.4, 0.5) is 11.4 Å². The molecule has 0 unspecified atom stereocenters. The molecule has 1 aromatic heterocycles. The number of primary amides is 1. The lowest BCUT2D eigenvalue weighted by atomic mass is 10.1. The second-order valence-electron chi connectivity index (χ2n) is 3.97. The fourth-order valence-corrected chi connectivity index (χ4v) is 1.68. The van der Waals surface area contributed by atoms with Crippen molar-refractivity contribution in [3.05, 3.63) is 41.7 Å². The monoisotopic (exact) mass is 245 g/mol. The number of nitrogen functional groups attached to an aromatic ring is 1. The van der Waals surface area contributed by atoms with Gasteiger partial charge in [-0.2, -0.15) is 5.10 Å². The Morgan fingerprint density at radius 3 is 2.83 bits per heavy atom. The average molecular weight is 245 g/mol. The van der Waals surface area contributed by atoms with Gasteiger partial charge in [0.25, 0.3) is 5.91 Å². The molecule has 0 aliphatic heterocycles. The normalized spacial score (nSPS) is 10.3. The highest BCUT2D eigenvalue weighted by Gasteiger charge is 2.08. The number of aromatic nitrogens is 2. The van der Waals surface area contributed by atoms with Gasteiger partial charge >= 0.3 is 0 Å². The highest BCUT2D eigenvalue weighted by molar-refractivity contribution is 5.99. The molecule has 0 saturated heterocycles. The lowest BCUT2D eigenvalue weighted by Gasteiger charge is -2.10. The number of rotatable bonds is 4. The molecule has 0 saturated carbocycles. The number of carbonyl (C=O) groups is 1. The van der Waals surface area contributed by atoms with E-state index in [1.807, 2.05) is 13.1 Å². The molecular weight excluding hydrogens is 230 g/mol. The lowest BCUT2D eigenvalue weighted by Crippen LogP contribution is -2.15. The molecule has 5 N–H and O–H groups in total. The maximum absolute atomic E-state index is 11.3. The van der Waals surface area contributed by atoms with Gasteiger partial charge in [-0.25, -0.2) is 0 Å². The largest absolute Gasteiger partial charge is 0.399 e. The van der Waals surface area contributed by atoms with Gasteiger partial charge in [-0.3, -0.25) is 9.48 Å². The van der Waals surface area contributed by atoms with Gasteiger partial charge < -0.3 is 16.8 Å². The first-order chi connectivity index (χ1) is 8.58. The van der Waals surface area contributed by atoms with Crippen LogP contribution in [0.3, 0.4) is 0 Å². The second kappa shape index (κ2) is 4.79. The van der Waals surface area contributed by atoms with Gasteiger partial charge in [0.1, 0.15) is 0 Å². The molecular formula is C12H15N5O. The van der Waals surface area contributed by atoms with Crippen molar-refractivity contribution in [2.75, 3.05) is 11.1 Å². The Morgan fingerprint density at radius 1 is 1.44 bits per heavy atom. The summed E-state index contributed by atoms with van der Waals surface area (Å²) in [7, 11) is 1.86. The molecule has 94 valence electrons.